The van der Waals surface area contributed by atoms with Gasteiger partial charge in [0.25, 0.3) is 0 Å². The van der Waals surface area contributed by atoms with E-state index in [1.165, 1.54) is 17.3 Å². The van der Waals surface area contributed by atoms with Crippen LogP contribution in [0.3, 0.4) is 0 Å². The van der Waals surface area contributed by atoms with Crippen LogP contribution in [0.2, 0.25) is 0 Å². The molecule has 140 valence electrons. The number of nitrogens with one attached hydrogen (secondary N) is 1. The second kappa shape index (κ2) is 8.58. The Bertz CT molecular complexity index is 681. The van der Waals surface area contributed by atoms with E-state index in [0.717, 1.165) is 5.56 Å². The number of hydrogen-bond acceptors (Lipinski definition) is 4. The fraction of sp³-hybridized carbons (Fsp3) is 0.632. The van der Waals surface area contributed by atoms with Crippen LogP contribution in [0.4, 0.5) is 0 Å². The summed E-state index contributed by atoms with van der Waals surface area (Å²) in [4.78, 5) is 12.3. The van der Waals surface area contributed by atoms with Gasteiger partial charge in [-0.25, -0.2) is 8.42 Å². The van der Waals surface area contributed by atoms with Gasteiger partial charge < -0.3 is 5.32 Å². The summed E-state index contributed by atoms with van der Waals surface area (Å²) in [6.45, 7) is 8.52. The van der Waals surface area contributed by atoms with Crippen molar-refractivity contribution in [3.8, 4) is 0 Å². The van der Waals surface area contributed by atoms with Crippen LogP contribution in [0.1, 0.15) is 57.2 Å². The lowest BCUT2D eigenvalue weighted by atomic mass is 9.93. The second-order valence-electron chi connectivity index (χ2n) is 7.45. The first-order chi connectivity index (χ1) is 11.7. The van der Waals surface area contributed by atoms with E-state index < -0.39 is 9.84 Å². The van der Waals surface area contributed by atoms with Crippen molar-refractivity contribution in [2.24, 2.45) is 5.92 Å². The molecule has 6 heteroatoms. The molecular weight excluding hydrogens is 354 g/mol. The molecule has 2 unspecified atom stereocenters. The van der Waals surface area contributed by atoms with E-state index in [1.807, 2.05) is 0 Å². The predicted octanol–water partition coefficient (Wildman–Crippen LogP) is 3.54. The Morgan fingerprint density at radius 3 is 2.24 bits per heavy atom. The van der Waals surface area contributed by atoms with Gasteiger partial charge in [0.05, 0.1) is 23.3 Å². The van der Waals surface area contributed by atoms with Gasteiger partial charge in [-0.15, -0.1) is 11.8 Å². The zero-order valence-corrected chi connectivity index (χ0v) is 17.1. The number of sulfone groups is 1. The maximum Gasteiger partial charge on any atom is 0.230 e. The Hall–Kier alpha value is -1.01. The highest BCUT2D eigenvalue weighted by molar-refractivity contribution is 8.02. The molecule has 0 saturated carbocycles. The Morgan fingerprint density at radius 2 is 1.76 bits per heavy atom. The van der Waals surface area contributed by atoms with Gasteiger partial charge in [-0.3, -0.25) is 4.79 Å². The van der Waals surface area contributed by atoms with Gasteiger partial charge in [0.2, 0.25) is 5.91 Å². The Kier molecular flexibility index (Phi) is 6.97. The van der Waals surface area contributed by atoms with Crippen molar-refractivity contribution in [3.63, 3.8) is 0 Å². The van der Waals surface area contributed by atoms with E-state index in [2.05, 4.69) is 57.3 Å². The summed E-state index contributed by atoms with van der Waals surface area (Å²) in [6, 6.07) is 8.41. The minimum Gasteiger partial charge on any atom is -0.348 e. The topological polar surface area (TPSA) is 63.2 Å². The zero-order valence-electron chi connectivity index (χ0n) is 15.5. The molecule has 1 aromatic carbocycles. The van der Waals surface area contributed by atoms with E-state index >= 15 is 0 Å². The number of benzene rings is 1. The molecule has 1 saturated heterocycles. The summed E-state index contributed by atoms with van der Waals surface area (Å²) in [5.41, 5.74) is 2.40. The Labute approximate surface area is 156 Å². The molecule has 2 rings (SSSR count). The molecule has 25 heavy (non-hydrogen) atoms. The van der Waals surface area contributed by atoms with Crippen LogP contribution in [-0.4, -0.2) is 36.8 Å². The van der Waals surface area contributed by atoms with Crippen LogP contribution in [0.25, 0.3) is 0 Å². The summed E-state index contributed by atoms with van der Waals surface area (Å²) >= 11 is 1.46. The molecule has 0 aromatic heterocycles. The first-order valence-electron chi connectivity index (χ1n) is 8.89. The van der Waals surface area contributed by atoms with Gasteiger partial charge in [-0.05, 0) is 29.4 Å². The highest BCUT2D eigenvalue weighted by atomic mass is 32.2. The third kappa shape index (κ3) is 6.03. The van der Waals surface area contributed by atoms with Gasteiger partial charge in [0.1, 0.15) is 0 Å². The molecule has 1 N–H and O–H groups in total. The van der Waals surface area contributed by atoms with Crippen molar-refractivity contribution in [2.45, 2.75) is 51.3 Å². The average Bonchev–Trinajstić information content (AvgIpc) is 2.89. The SMILES string of the molecule is CC(C)c1ccc(C(NC(=O)CSC2CCS(=O)(=O)C2)C(C)C)cc1. The zero-order chi connectivity index (χ0) is 18.6. The summed E-state index contributed by atoms with van der Waals surface area (Å²) in [5.74, 6) is 1.51. The highest BCUT2D eigenvalue weighted by Crippen LogP contribution is 2.26. The van der Waals surface area contributed by atoms with E-state index in [4.69, 9.17) is 0 Å². The summed E-state index contributed by atoms with van der Waals surface area (Å²) in [5, 5.41) is 3.17. The fourth-order valence-corrected chi connectivity index (χ4v) is 6.48. The minimum atomic E-state index is -2.89. The fourth-order valence-electron chi connectivity index (χ4n) is 3.02. The molecule has 0 spiro atoms. The normalized spacial score (nSPS) is 20.8. The number of hydrogen-bond donors (Lipinski definition) is 1. The lowest BCUT2D eigenvalue weighted by molar-refractivity contribution is -0.119. The Morgan fingerprint density at radius 1 is 1.16 bits per heavy atom. The van der Waals surface area contributed by atoms with Gasteiger partial charge in [-0.2, -0.15) is 0 Å². The largest absolute Gasteiger partial charge is 0.348 e. The van der Waals surface area contributed by atoms with Crippen LogP contribution in [0, 0.1) is 5.92 Å². The summed E-state index contributed by atoms with van der Waals surface area (Å²) in [6.07, 6.45) is 0.657. The number of carbonyl (C=O) groups is 1. The van der Waals surface area contributed by atoms with Crippen LogP contribution in [0.5, 0.6) is 0 Å². The summed E-state index contributed by atoms with van der Waals surface area (Å²) < 4.78 is 23.0. The second-order valence-corrected chi connectivity index (χ2v) is 11.0. The van der Waals surface area contributed by atoms with E-state index in [-0.39, 0.29) is 34.6 Å². The molecule has 4 nitrogen and oxygen atoms in total. The first kappa shape index (κ1) is 20.3. The quantitative estimate of drug-likeness (QED) is 0.782. The molecule has 0 aliphatic carbocycles. The van der Waals surface area contributed by atoms with Crippen molar-refractivity contribution in [2.75, 3.05) is 17.3 Å². The first-order valence-corrected chi connectivity index (χ1v) is 11.8. The minimum absolute atomic E-state index is 0.0263. The number of amides is 1. The molecule has 1 aromatic rings. The third-order valence-corrected chi connectivity index (χ3v) is 7.87. The van der Waals surface area contributed by atoms with Crippen molar-refractivity contribution < 1.29 is 13.2 Å². The van der Waals surface area contributed by atoms with Crippen LogP contribution in [0.15, 0.2) is 24.3 Å². The van der Waals surface area contributed by atoms with E-state index in [1.54, 1.807) is 0 Å². The average molecular weight is 384 g/mol. The number of rotatable bonds is 7. The smallest absolute Gasteiger partial charge is 0.230 e. The van der Waals surface area contributed by atoms with Gasteiger partial charge in [0.15, 0.2) is 9.84 Å². The highest BCUT2D eigenvalue weighted by Gasteiger charge is 2.29. The molecule has 1 amide bonds. The standard InChI is InChI=1S/C19H29NO3S2/c1-13(2)15-5-7-16(8-6-15)19(14(3)4)20-18(21)11-24-17-9-10-25(22,23)12-17/h5-8,13-14,17,19H,9-12H2,1-4H3,(H,20,21). The molecule has 0 bridgehead atoms. The summed E-state index contributed by atoms with van der Waals surface area (Å²) in [7, 11) is -2.89. The van der Waals surface area contributed by atoms with Gasteiger partial charge in [-0.1, -0.05) is 52.0 Å². The number of carbonyl (C=O) groups excluding carboxylic acids is 1. The monoisotopic (exact) mass is 383 g/mol. The van der Waals surface area contributed by atoms with Crippen molar-refractivity contribution in [1.82, 2.24) is 5.32 Å². The third-order valence-electron chi connectivity index (χ3n) is 4.59. The van der Waals surface area contributed by atoms with Gasteiger partial charge >= 0.3 is 0 Å². The molecule has 2 atom stereocenters. The molecule has 1 aliphatic rings. The Balaban J connectivity index is 1.93. The lowest BCUT2D eigenvalue weighted by Gasteiger charge is -2.23. The van der Waals surface area contributed by atoms with Crippen LogP contribution in [-0.2, 0) is 14.6 Å². The lowest BCUT2D eigenvalue weighted by Crippen LogP contribution is -2.33. The molecular formula is C19H29NO3S2. The maximum atomic E-state index is 12.3. The predicted molar refractivity (Wildman–Crippen MR) is 106 cm³/mol. The van der Waals surface area contributed by atoms with Crippen LogP contribution < -0.4 is 5.32 Å². The van der Waals surface area contributed by atoms with Crippen molar-refractivity contribution in [3.05, 3.63) is 35.4 Å². The molecule has 1 fully saturated rings. The maximum absolute atomic E-state index is 12.3. The molecule has 0 radical (unpaired) electrons. The van der Waals surface area contributed by atoms with Crippen molar-refractivity contribution >= 4 is 27.5 Å². The van der Waals surface area contributed by atoms with Crippen molar-refractivity contribution in [1.29, 1.82) is 0 Å². The van der Waals surface area contributed by atoms with Crippen LogP contribution >= 0.6 is 11.8 Å². The molecule has 1 aliphatic heterocycles. The van der Waals surface area contributed by atoms with E-state index in [9.17, 15) is 13.2 Å². The number of thioether (sulfide) groups is 1. The van der Waals surface area contributed by atoms with E-state index in [0.29, 0.717) is 18.1 Å². The molecule has 1 heterocycles. The van der Waals surface area contributed by atoms with Gasteiger partial charge in [0, 0.05) is 5.25 Å².